The molecule has 0 amide bonds. The monoisotopic (exact) mass is 273 g/mol. The summed E-state index contributed by atoms with van der Waals surface area (Å²) in [6.07, 6.45) is 1.73. The van der Waals surface area contributed by atoms with Crippen LogP contribution < -0.4 is 0 Å². The molecule has 1 N–H and O–H groups in total. The zero-order chi connectivity index (χ0) is 14.1. The number of likely N-dealkylation sites (tertiary alicyclic amines) is 1. The van der Waals surface area contributed by atoms with Crippen molar-refractivity contribution in [2.75, 3.05) is 13.1 Å². The summed E-state index contributed by atoms with van der Waals surface area (Å²) in [7, 11) is 1.95. The summed E-state index contributed by atoms with van der Waals surface area (Å²) in [6, 6.07) is 8.16. The van der Waals surface area contributed by atoms with Gasteiger partial charge in [-0.15, -0.1) is 0 Å². The number of carbonyl (C=O) groups is 1. The zero-order valence-corrected chi connectivity index (χ0v) is 11.6. The summed E-state index contributed by atoms with van der Waals surface area (Å²) < 4.78 is 1.89. The highest BCUT2D eigenvalue weighted by Crippen LogP contribution is 2.22. The van der Waals surface area contributed by atoms with Gasteiger partial charge in [-0.3, -0.25) is 14.4 Å². The lowest BCUT2D eigenvalue weighted by atomic mass is 9.98. The molecule has 1 saturated heterocycles. The Balaban J connectivity index is 1.81. The number of para-hydroxylation sites is 1. The number of carboxylic acids is 1. The molecule has 2 heterocycles. The van der Waals surface area contributed by atoms with Crippen LogP contribution in [-0.2, 0) is 18.4 Å². The summed E-state index contributed by atoms with van der Waals surface area (Å²) in [5.41, 5.74) is 2.16. The van der Waals surface area contributed by atoms with Crippen LogP contribution in [0.15, 0.2) is 24.3 Å². The van der Waals surface area contributed by atoms with Crippen LogP contribution in [0.3, 0.4) is 0 Å². The number of aromatic nitrogens is 2. The molecule has 20 heavy (non-hydrogen) atoms. The summed E-state index contributed by atoms with van der Waals surface area (Å²) in [6.45, 7) is 2.31. The van der Waals surface area contributed by atoms with E-state index < -0.39 is 5.97 Å². The highest BCUT2D eigenvalue weighted by atomic mass is 16.4. The highest BCUT2D eigenvalue weighted by Gasteiger charge is 2.26. The molecule has 1 fully saturated rings. The highest BCUT2D eigenvalue weighted by molar-refractivity contribution is 5.81. The molecule has 0 aliphatic carbocycles. The number of nitrogens with zero attached hydrogens (tertiary/aromatic N) is 3. The van der Waals surface area contributed by atoms with E-state index >= 15 is 0 Å². The minimum Gasteiger partial charge on any atom is -0.481 e. The van der Waals surface area contributed by atoms with Crippen LogP contribution >= 0.6 is 0 Å². The van der Waals surface area contributed by atoms with Crippen molar-refractivity contribution in [2.45, 2.75) is 19.4 Å². The van der Waals surface area contributed by atoms with E-state index in [1.54, 1.807) is 0 Å². The van der Waals surface area contributed by atoms with Gasteiger partial charge in [-0.1, -0.05) is 18.2 Å². The quantitative estimate of drug-likeness (QED) is 0.927. The Hall–Kier alpha value is -1.88. The molecule has 1 aromatic carbocycles. The topological polar surface area (TPSA) is 58.4 Å². The third-order valence-corrected chi connectivity index (χ3v) is 4.06. The smallest absolute Gasteiger partial charge is 0.307 e. The Morgan fingerprint density at radius 2 is 2.25 bits per heavy atom. The van der Waals surface area contributed by atoms with Crippen LogP contribution in [0, 0.1) is 5.92 Å². The number of carboxylic acid groups (broad SMARTS) is 1. The van der Waals surface area contributed by atoms with Gasteiger partial charge >= 0.3 is 5.97 Å². The minimum atomic E-state index is -0.680. The molecular formula is C15H19N3O2. The number of aryl methyl sites for hydroxylation is 1. The lowest BCUT2D eigenvalue weighted by molar-refractivity contribution is -0.143. The molecule has 5 heteroatoms. The second-order valence-corrected chi connectivity index (χ2v) is 5.50. The van der Waals surface area contributed by atoms with Crippen molar-refractivity contribution in [1.82, 2.24) is 14.7 Å². The van der Waals surface area contributed by atoms with Gasteiger partial charge in [0.15, 0.2) is 0 Å². The Labute approximate surface area is 117 Å². The number of rotatable bonds is 3. The molecule has 1 aliphatic rings. The first kappa shape index (κ1) is 13.1. The summed E-state index contributed by atoms with van der Waals surface area (Å²) in [4.78, 5) is 13.3. The van der Waals surface area contributed by atoms with E-state index in [9.17, 15) is 4.79 Å². The average molecular weight is 273 g/mol. The van der Waals surface area contributed by atoms with E-state index in [0.717, 1.165) is 42.5 Å². The largest absolute Gasteiger partial charge is 0.481 e. The number of piperidine rings is 1. The Kier molecular flexibility index (Phi) is 3.44. The van der Waals surface area contributed by atoms with E-state index in [-0.39, 0.29) is 5.92 Å². The standard InChI is InChI=1S/C15H19N3O2/c1-17-14-7-3-2-6-12(14)13(16-17)10-18-8-4-5-11(9-18)15(19)20/h2-3,6-7,11H,4-5,8-10H2,1H3,(H,19,20). The third-order valence-electron chi connectivity index (χ3n) is 4.06. The molecule has 1 aromatic heterocycles. The molecule has 106 valence electrons. The first-order chi connectivity index (χ1) is 9.65. The first-order valence-corrected chi connectivity index (χ1v) is 7.01. The molecule has 1 aliphatic heterocycles. The third kappa shape index (κ3) is 2.41. The molecule has 0 bridgehead atoms. The van der Waals surface area contributed by atoms with Gasteiger partial charge in [-0.2, -0.15) is 5.10 Å². The van der Waals surface area contributed by atoms with Gasteiger partial charge in [-0.25, -0.2) is 0 Å². The van der Waals surface area contributed by atoms with Crippen LogP contribution in [0.2, 0.25) is 0 Å². The predicted octanol–water partition coefficient (Wildman–Crippen LogP) is 1.87. The van der Waals surface area contributed by atoms with E-state index in [0.29, 0.717) is 6.54 Å². The molecule has 0 radical (unpaired) electrons. The second-order valence-electron chi connectivity index (χ2n) is 5.50. The van der Waals surface area contributed by atoms with Crippen molar-refractivity contribution < 1.29 is 9.90 Å². The Morgan fingerprint density at radius 3 is 3.05 bits per heavy atom. The number of benzene rings is 1. The number of hydrogen-bond donors (Lipinski definition) is 1. The summed E-state index contributed by atoms with van der Waals surface area (Å²) >= 11 is 0. The average Bonchev–Trinajstić information content (AvgIpc) is 2.76. The lowest BCUT2D eigenvalue weighted by Crippen LogP contribution is -2.38. The number of aliphatic carboxylic acids is 1. The molecule has 0 saturated carbocycles. The van der Waals surface area contributed by atoms with Crippen LogP contribution in [0.1, 0.15) is 18.5 Å². The molecule has 2 aromatic rings. The van der Waals surface area contributed by atoms with Gasteiger partial charge in [0.25, 0.3) is 0 Å². The van der Waals surface area contributed by atoms with E-state index in [1.165, 1.54) is 0 Å². The van der Waals surface area contributed by atoms with Gasteiger partial charge < -0.3 is 5.11 Å². The Morgan fingerprint density at radius 1 is 1.45 bits per heavy atom. The summed E-state index contributed by atoms with van der Waals surface area (Å²) in [5.74, 6) is -0.917. The van der Waals surface area contributed by atoms with Crippen molar-refractivity contribution in [3.05, 3.63) is 30.0 Å². The maximum atomic E-state index is 11.1. The Bertz CT molecular complexity index is 635. The molecule has 0 spiro atoms. The fraction of sp³-hybridized carbons (Fsp3) is 0.467. The van der Waals surface area contributed by atoms with Crippen molar-refractivity contribution in [3.8, 4) is 0 Å². The van der Waals surface area contributed by atoms with Crippen molar-refractivity contribution in [3.63, 3.8) is 0 Å². The molecule has 1 unspecified atom stereocenters. The molecule has 5 nitrogen and oxygen atoms in total. The maximum absolute atomic E-state index is 11.1. The van der Waals surface area contributed by atoms with Crippen molar-refractivity contribution in [1.29, 1.82) is 0 Å². The normalized spacial score (nSPS) is 20.4. The lowest BCUT2D eigenvalue weighted by Gasteiger charge is -2.29. The van der Waals surface area contributed by atoms with Crippen LogP contribution in [0.25, 0.3) is 10.9 Å². The maximum Gasteiger partial charge on any atom is 0.307 e. The molecule has 3 rings (SSSR count). The van der Waals surface area contributed by atoms with Crippen LogP contribution in [0.4, 0.5) is 0 Å². The fourth-order valence-corrected chi connectivity index (χ4v) is 3.02. The van der Waals surface area contributed by atoms with Gasteiger partial charge in [0.05, 0.1) is 17.1 Å². The van der Waals surface area contributed by atoms with E-state index in [2.05, 4.69) is 22.1 Å². The number of fused-ring (bicyclic) bond motifs is 1. The van der Waals surface area contributed by atoms with E-state index in [1.807, 2.05) is 23.9 Å². The van der Waals surface area contributed by atoms with Gasteiger partial charge in [0, 0.05) is 25.5 Å². The van der Waals surface area contributed by atoms with Crippen LogP contribution in [0.5, 0.6) is 0 Å². The minimum absolute atomic E-state index is 0.237. The molecule has 1 atom stereocenters. The predicted molar refractivity (Wildman–Crippen MR) is 76.4 cm³/mol. The molecular weight excluding hydrogens is 254 g/mol. The zero-order valence-electron chi connectivity index (χ0n) is 11.6. The van der Waals surface area contributed by atoms with Gasteiger partial charge in [-0.05, 0) is 25.5 Å². The van der Waals surface area contributed by atoms with Crippen molar-refractivity contribution in [2.24, 2.45) is 13.0 Å². The first-order valence-electron chi connectivity index (χ1n) is 7.01. The van der Waals surface area contributed by atoms with E-state index in [4.69, 9.17) is 5.11 Å². The van der Waals surface area contributed by atoms with Gasteiger partial charge in [0.1, 0.15) is 0 Å². The second kappa shape index (κ2) is 5.25. The van der Waals surface area contributed by atoms with Gasteiger partial charge in [0.2, 0.25) is 0 Å². The number of hydrogen-bond acceptors (Lipinski definition) is 3. The SMILES string of the molecule is Cn1nc(CN2CCCC(C(=O)O)C2)c2ccccc21. The van der Waals surface area contributed by atoms with Crippen LogP contribution in [-0.4, -0.2) is 38.8 Å². The van der Waals surface area contributed by atoms with Crippen molar-refractivity contribution >= 4 is 16.9 Å². The summed E-state index contributed by atoms with van der Waals surface area (Å²) in [5, 5.41) is 14.9. The fourth-order valence-electron chi connectivity index (χ4n) is 3.02.